The zero-order valence-corrected chi connectivity index (χ0v) is 12.8. The Morgan fingerprint density at radius 3 is 2.75 bits per heavy atom. The number of alkyl halides is 3. The van der Waals surface area contributed by atoms with Crippen LogP contribution in [0.3, 0.4) is 0 Å². The van der Waals surface area contributed by atoms with Crippen molar-refractivity contribution in [3.8, 4) is 5.69 Å². The Balaban J connectivity index is 2.10. The monoisotopic (exact) mass is 342 g/mol. The molecule has 1 aromatic carbocycles. The molecule has 0 aliphatic rings. The largest absolute Gasteiger partial charge is 0.416 e. The van der Waals surface area contributed by atoms with E-state index in [2.05, 4.69) is 15.7 Å². The summed E-state index contributed by atoms with van der Waals surface area (Å²) in [6, 6.07) is 5.23. The molecule has 0 spiro atoms. The Morgan fingerprint density at radius 2 is 2.12 bits per heavy atom. The van der Waals surface area contributed by atoms with Crippen molar-refractivity contribution in [2.75, 3.05) is 11.9 Å². The van der Waals surface area contributed by atoms with E-state index in [1.54, 1.807) is 0 Å². The molecular formula is C15H17F3N4O2. The van der Waals surface area contributed by atoms with Crippen molar-refractivity contribution in [3.63, 3.8) is 0 Å². The van der Waals surface area contributed by atoms with Gasteiger partial charge in [0.25, 0.3) is 0 Å². The number of benzene rings is 1. The topological polar surface area (TPSA) is 79.2 Å². The third-order valence-electron chi connectivity index (χ3n) is 3.32. The first-order valence-electron chi connectivity index (χ1n) is 7.25. The Bertz CT molecular complexity index is 696. The summed E-state index contributed by atoms with van der Waals surface area (Å²) in [5.41, 5.74) is -0.559. The number of nitrogens with one attached hydrogen (secondary N) is 2. The third-order valence-corrected chi connectivity index (χ3v) is 3.32. The van der Waals surface area contributed by atoms with Crippen LogP contribution in [0.2, 0.25) is 0 Å². The average Bonchev–Trinajstić information content (AvgIpc) is 3.00. The summed E-state index contributed by atoms with van der Waals surface area (Å²) >= 11 is 0. The minimum Gasteiger partial charge on any atom is -0.394 e. The summed E-state index contributed by atoms with van der Waals surface area (Å²) < 4.78 is 39.4. The molecule has 1 atom stereocenters. The summed E-state index contributed by atoms with van der Waals surface area (Å²) in [6.07, 6.45) is -2.44. The van der Waals surface area contributed by atoms with Crippen LogP contribution < -0.4 is 10.6 Å². The smallest absolute Gasteiger partial charge is 0.394 e. The van der Waals surface area contributed by atoms with E-state index >= 15 is 0 Å². The van der Waals surface area contributed by atoms with Gasteiger partial charge < -0.3 is 10.4 Å². The lowest BCUT2D eigenvalue weighted by molar-refractivity contribution is -0.137. The fourth-order valence-corrected chi connectivity index (χ4v) is 1.97. The highest BCUT2D eigenvalue weighted by Gasteiger charge is 2.30. The molecule has 24 heavy (non-hydrogen) atoms. The van der Waals surface area contributed by atoms with Crippen LogP contribution in [0.1, 0.15) is 18.9 Å². The number of carbonyl (C=O) groups excluding carboxylic acids is 1. The molecule has 0 unspecified atom stereocenters. The van der Waals surface area contributed by atoms with E-state index in [1.165, 1.54) is 29.1 Å². The number of amides is 2. The zero-order valence-electron chi connectivity index (χ0n) is 12.8. The van der Waals surface area contributed by atoms with Crippen molar-refractivity contribution < 1.29 is 23.1 Å². The SMILES string of the molecule is CC[C@@H](CO)NC(=O)Nc1ccn(-c2cccc(C(F)(F)F)c2)n1. The van der Waals surface area contributed by atoms with E-state index < -0.39 is 17.8 Å². The number of halogens is 3. The van der Waals surface area contributed by atoms with E-state index in [1.807, 2.05) is 6.92 Å². The Morgan fingerprint density at radius 1 is 1.38 bits per heavy atom. The second-order valence-corrected chi connectivity index (χ2v) is 5.08. The van der Waals surface area contributed by atoms with Crippen LogP contribution in [-0.2, 0) is 6.18 Å². The van der Waals surface area contributed by atoms with Crippen LogP contribution in [0.4, 0.5) is 23.8 Å². The van der Waals surface area contributed by atoms with Gasteiger partial charge in [0.15, 0.2) is 5.82 Å². The predicted octanol–water partition coefficient (Wildman–Crippen LogP) is 2.78. The van der Waals surface area contributed by atoms with Crippen LogP contribution in [0.5, 0.6) is 0 Å². The molecule has 2 rings (SSSR count). The van der Waals surface area contributed by atoms with E-state index in [0.29, 0.717) is 6.42 Å². The van der Waals surface area contributed by atoms with Crippen LogP contribution in [0.15, 0.2) is 36.5 Å². The van der Waals surface area contributed by atoms with Gasteiger partial charge in [0.1, 0.15) is 0 Å². The molecule has 1 heterocycles. The van der Waals surface area contributed by atoms with Gasteiger partial charge in [-0.3, -0.25) is 5.32 Å². The fraction of sp³-hybridized carbons (Fsp3) is 0.333. The number of urea groups is 1. The summed E-state index contributed by atoms with van der Waals surface area (Å²) in [7, 11) is 0. The summed E-state index contributed by atoms with van der Waals surface area (Å²) in [5.74, 6) is 0.178. The molecule has 0 bridgehead atoms. The molecule has 3 N–H and O–H groups in total. The fourth-order valence-electron chi connectivity index (χ4n) is 1.97. The van der Waals surface area contributed by atoms with Gasteiger partial charge in [-0.1, -0.05) is 13.0 Å². The Kier molecular flexibility index (Phi) is 5.45. The second-order valence-electron chi connectivity index (χ2n) is 5.08. The van der Waals surface area contributed by atoms with E-state index in [9.17, 15) is 18.0 Å². The maximum Gasteiger partial charge on any atom is 0.416 e. The molecule has 0 fully saturated rings. The van der Waals surface area contributed by atoms with Gasteiger partial charge in [-0.05, 0) is 24.6 Å². The average molecular weight is 342 g/mol. The number of anilines is 1. The first-order chi connectivity index (χ1) is 11.3. The number of aliphatic hydroxyl groups is 1. The van der Waals surface area contributed by atoms with Gasteiger partial charge >= 0.3 is 12.2 Å². The van der Waals surface area contributed by atoms with Gasteiger partial charge in [0.05, 0.1) is 23.9 Å². The molecule has 0 aliphatic heterocycles. The first kappa shape index (κ1) is 17.8. The molecule has 1 aromatic heterocycles. The summed E-state index contributed by atoms with van der Waals surface area (Å²) in [4.78, 5) is 11.7. The minimum absolute atomic E-state index is 0.178. The van der Waals surface area contributed by atoms with Crippen LogP contribution in [0.25, 0.3) is 5.69 Å². The number of rotatable bonds is 5. The van der Waals surface area contributed by atoms with E-state index in [0.717, 1.165) is 12.1 Å². The van der Waals surface area contributed by atoms with Crippen molar-refractivity contribution in [2.45, 2.75) is 25.6 Å². The molecular weight excluding hydrogens is 325 g/mol. The molecule has 0 aliphatic carbocycles. The number of aliphatic hydroxyl groups excluding tert-OH is 1. The van der Waals surface area contributed by atoms with Crippen LogP contribution in [0, 0.1) is 0 Å². The lowest BCUT2D eigenvalue weighted by atomic mass is 10.2. The molecule has 130 valence electrons. The standard InChI is InChI=1S/C15H17F3N4O2/c1-2-11(9-23)19-14(24)20-13-6-7-22(21-13)12-5-3-4-10(8-12)15(16,17)18/h3-8,11,23H,2,9H2,1H3,(H2,19,20,21,24)/t11-/m0/s1. The maximum atomic E-state index is 12.7. The van der Waals surface area contributed by atoms with Crippen molar-refractivity contribution >= 4 is 11.8 Å². The molecule has 0 saturated carbocycles. The molecule has 0 radical (unpaired) electrons. The molecule has 9 heteroatoms. The number of carbonyl (C=O) groups is 1. The molecule has 6 nitrogen and oxygen atoms in total. The predicted molar refractivity (Wildman–Crippen MR) is 81.9 cm³/mol. The summed E-state index contributed by atoms with van der Waals surface area (Å²) in [6.45, 7) is 1.62. The van der Waals surface area contributed by atoms with Crippen molar-refractivity contribution in [3.05, 3.63) is 42.1 Å². The third kappa shape index (κ3) is 4.48. The van der Waals surface area contributed by atoms with Crippen LogP contribution in [-0.4, -0.2) is 33.6 Å². The maximum absolute atomic E-state index is 12.7. The first-order valence-corrected chi connectivity index (χ1v) is 7.25. The minimum atomic E-state index is -4.44. The van der Waals surface area contributed by atoms with Crippen molar-refractivity contribution in [1.29, 1.82) is 0 Å². The number of aromatic nitrogens is 2. The van der Waals surface area contributed by atoms with Gasteiger partial charge in [0.2, 0.25) is 0 Å². The molecule has 2 aromatic rings. The van der Waals surface area contributed by atoms with Crippen LogP contribution >= 0.6 is 0 Å². The highest BCUT2D eigenvalue weighted by Crippen LogP contribution is 2.30. The van der Waals surface area contributed by atoms with Crippen molar-refractivity contribution in [2.24, 2.45) is 0 Å². The normalized spacial score (nSPS) is 12.7. The quantitative estimate of drug-likeness (QED) is 0.782. The van der Waals surface area contributed by atoms with Crippen molar-refractivity contribution in [1.82, 2.24) is 15.1 Å². The Labute approximate surface area is 136 Å². The van der Waals surface area contributed by atoms with Gasteiger partial charge in [-0.25, -0.2) is 9.48 Å². The summed E-state index contributed by atoms with van der Waals surface area (Å²) in [5, 5.41) is 18.1. The van der Waals surface area contributed by atoms with Gasteiger partial charge in [-0.15, -0.1) is 5.10 Å². The highest BCUT2D eigenvalue weighted by atomic mass is 19.4. The highest BCUT2D eigenvalue weighted by molar-refractivity contribution is 5.88. The zero-order chi connectivity index (χ0) is 17.7. The lowest BCUT2D eigenvalue weighted by Crippen LogP contribution is -2.39. The van der Waals surface area contributed by atoms with E-state index in [4.69, 9.17) is 5.11 Å². The Hall–Kier alpha value is -2.55. The number of nitrogens with zero attached hydrogens (tertiary/aromatic N) is 2. The number of hydrogen-bond acceptors (Lipinski definition) is 3. The molecule has 0 saturated heterocycles. The van der Waals surface area contributed by atoms with Gasteiger partial charge in [-0.2, -0.15) is 13.2 Å². The van der Waals surface area contributed by atoms with Gasteiger partial charge in [0, 0.05) is 12.3 Å². The number of hydrogen-bond donors (Lipinski definition) is 3. The molecule has 2 amide bonds. The lowest BCUT2D eigenvalue weighted by Gasteiger charge is -2.13. The second kappa shape index (κ2) is 7.35. The van der Waals surface area contributed by atoms with E-state index in [-0.39, 0.29) is 24.2 Å².